The first-order valence-corrected chi connectivity index (χ1v) is 1.61. The molecule has 0 atom stereocenters. The molecule has 0 spiro atoms. The van der Waals surface area contributed by atoms with Crippen molar-refractivity contribution in [1.29, 1.82) is 0 Å². The van der Waals surface area contributed by atoms with Gasteiger partial charge in [-0.15, -0.1) is 0 Å². The van der Waals surface area contributed by atoms with Crippen molar-refractivity contribution in [3.8, 4) is 0 Å². The Morgan fingerprint density at radius 3 is 2.12 bits per heavy atom. The number of nitrogens with one attached hydrogen (secondary N) is 2. The van der Waals surface area contributed by atoms with Crippen LogP contribution in [0, 0.1) is 0 Å². The molecule has 1 rings (SSSR count). The predicted molar refractivity (Wildman–Crippen MR) is 32.9 cm³/mol. The molecular weight excluding hydrogens is 126 g/mol. The van der Waals surface area contributed by atoms with Crippen molar-refractivity contribution in [2.45, 2.75) is 0 Å². The zero-order chi connectivity index (χ0) is 4.41. The molecule has 0 fully saturated rings. The number of aromatic nitrogens is 2. The molecule has 3 nitrogen and oxygen atoms in total. The van der Waals surface area contributed by atoms with Gasteiger partial charge < -0.3 is 5.10 Å². The van der Waals surface area contributed by atoms with Crippen LogP contribution in [0.25, 0.3) is 0 Å². The van der Waals surface area contributed by atoms with E-state index in [1.807, 2.05) is 0 Å². The van der Waals surface area contributed by atoms with Crippen LogP contribution >= 0.6 is 0 Å². The molecule has 34 valence electrons. The third-order valence-electron chi connectivity index (χ3n) is 0.513. The molecule has 0 aromatic carbocycles. The summed E-state index contributed by atoms with van der Waals surface area (Å²) in [5, 5.41) is 4.81. The Balaban J connectivity index is 0. The topological polar surface area (TPSA) is 48.6 Å². The average Bonchev–Trinajstić information content (AvgIpc) is 1.86. The van der Waals surface area contributed by atoms with Gasteiger partial charge in [0.2, 0.25) is 0 Å². The minimum absolute atomic E-state index is 0. The quantitative estimate of drug-likeness (QED) is 0.432. The van der Waals surface area contributed by atoms with Crippen LogP contribution in [0.3, 0.4) is 0 Å². The molecule has 0 aliphatic rings. The van der Waals surface area contributed by atoms with Gasteiger partial charge in [-0.2, -0.15) is 0 Å². The van der Waals surface area contributed by atoms with Crippen molar-refractivity contribution in [3.05, 3.63) is 22.6 Å². The van der Waals surface area contributed by atoms with E-state index in [0.29, 0.717) is 0 Å². The van der Waals surface area contributed by atoms with Crippen LogP contribution in [-0.2, 0) is 0 Å². The summed E-state index contributed by atoms with van der Waals surface area (Å²) >= 11 is 0. The second-order valence-corrected chi connectivity index (χ2v) is 0.967. The van der Waals surface area contributed by atoms with Crippen molar-refractivity contribution in [1.82, 2.24) is 10.2 Å². The average molecular weight is 130 g/mol. The maximum absolute atomic E-state index is 9.98. The number of hydrogen-bond donors (Lipinski definition) is 2. The maximum Gasteiger partial charge on any atom is 0.263 e. The summed E-state index contributed by atoms with van der Waals surface area (Å²) in [5.74, 6) is 0. The van der Waals surface area contributed by atoms with Crippen molar-refractivity contribution in [2.24, 2.45) is 0 Å². The van der Waals surface area contributed by atoms with Gasteiger partial charge in [0.15, 0.2) is 0 Å². The zero-order valence-electron chi connectivity index (χ0n) is 5.06. The third-order valence-corrected chi connectivity index (χ3v) is 0.513. The number of aromatic amines is 2. The van der Waals surface area contributed by atoms with Crippen LogP contribution in [0.5, 0.6) is 0 Å². The van der Waals surface area contributed by atoms with Gasteiger partial charge in [0.1, 0.15) is 0 Å². The first-order chi connectivity index (χ1) is 2.89. The molecular formula is C3H4N2Na2O. The summed E-state index contributed by atoms with van der Waals surface area (Å²) in [4.78, 5) is 9.98. The molecule has 8 heavy (non-hydrogen) atoms. The van der Waals surface area contributed by atoms with Gasteiger partial charge in [0, 0.05) is 71.4 Å². The van der Waals surface area contributed by atoms with Gasteiger partial charge in [-0.3, -0.25) is 9.89 Å². The number of hydrogen-bond acceptors (Lipinski definition) is 1. The van der Waals surface area contributed by atoms with Crippen LogP contribution in [-0.4, -0.2) is 69.3 Å². The van der Waals surface area contributed by atoms with Gasteiger partial charge >= 0.3 is 0 Å². The summed E-state index contributed by atoms with van der Waals surface area (Å²) in [7, 11) is 0. The van der Waals surface area contributed by atoms with Crippen LogP contribution in [0.15, 0.2) is 17.1 Å². The fraction of sp³-hybridized carbons (Fsp3) is 0. The Morgan fingerprint density at radius 2 is 2.00 bits per heavy atom. The second kappa shape index (κ2) is 6.13. The molecule has 0 saturated heterocycles. The maximum atomic E-state index is 9.98. The molecule has 0 saturated carbocycles. The fourth-order valence-corrected chi connectivity index (χ4v) is 0.272. The van der Waals surface area contributed by atoms with E-state index < -0.39 is 0 Å². The molecule has 0 aliphatic heterocycles. The minimum Gasteiger partial charge on any atom is -0.305 e. The minimum atomic E-state index is -0.0880. The Kier molecular flexibility index (Phi) is 9.02. The summed E-state index contributed by atoms with van der Waals surface area (Å²) in [6, 6.07) is 1.42. The number of rotatable bonds is 0. The summed E-state index contributed by atoms with van der Waals surface area (Å²) < 4.78 is 0. The van der Waals surface area contributed by atoms with Crippen molar-refractivity contribution in [3.63, 3.8) is 0 Å². The monoisotopic (exact) mass is 130 g/mol. The zero-order valence-corrected chi connectivity index (χ0v) is 9.06. The predicted octanol–water partition coefficient (Wildman–Crippen LogP) is -1.06. The Bertz CT molecular complexity index is 153. The molecule has 1 aromatic heterocycles. The SMILES string of the molecule is O=c1cc[nH][nH]1.[Na].[Na]. The molecule has 0 unspecified atom stereocenters. The van der Waals surface area contributed by atoms with Crippen LogP contribution in [0.4, 0.5) is 0 Å². The first kappa shape index (κ1) is 11.8. The molecule has 5 heteroatoms. The van der Waals surface area contributed by atoms with Gasteiger partial charge in [0.25, 0.3) is 5.56 Å². The van der Waals surface area contributed by atoms with Crippen LogP contribution < -0.4 is 5.56 Å². The van der Waals surface area contributed by atoms with Crippen molar-refractivity contribution in [2.75, 3.05) is 0 Å². The van der Waals surface area contributed by atoms with E-state index in [-0.39, 0.29) is 64.7 Å². The van der Waals surface area contributed by atoms with E-state index in [1.54, 1.807) is 6.20 Å². The van der Waals surface area contributed by atoms with E-state index in [0.717, 1.165) is 0 Å². The van der Waals surface area contributed by atoms with Crippen LogP contribution in [0.1, 0.15) is 0 Å². The summed E-state index contributed by atoms with van der Waals surface area (Å²) in [6.45, 7) is 0. The van der Waals surface area contributed by atoms with E-state index in [9.17, 15) is 4.79 Å². The molecule has 1 heterocycles. The van der Waals surface area contributed by atoms with E-state index >= 15 is 0 Å². The van der Waals surface area contributed by atoms with Gasteiger partial charge in [-0.1, -0.05) is 0 Å². The van der Waals surface area contributed by atoms with E-state index in [4.69, 9.17) is 0 Å². The van der Waals surface area contributed by atoms with Crippen molar-refractivity contribution < 1.29 is 0 Å². The standard InChI is InChI=1S/C3H4N2O.2Na/c6-3-1-2-4-5-3;;/h1-2H,(H2,4,5,6);;. The Hall–Kier alpha value is 1.01. The van der Waals surface area contributed by atoms with E-state index in [1.165, 1.54) is 6.07 Å². The largest absolute Gasteiger partial charge is 0.305 e. The molecule has 2 N–H and O–H groups in total. The molecule has 0 amide bonds. The Morgan fingerprint density at radius 1 is 1.38 bits per heavy atom. The van der Waals surface area contributed by atoms with Gasteiger partial charge in [0.05, 0.1) is 0 Å². The molecule has 0 bridgehead atoms. The first-order valence-electron chi connectivity index (χ1n) is 1.61. The van der Waals surface area contributed by atoms with Crippen LogP contribution in [0.2, 0.25) is 0 Å². The Labute approximate surface area is 90.8 Å². The molecule has 1 aromatic rings. The summed E-state index contributed by atoms with van der Waals surface area (Å²) in [5.41, 5.74) is -0.0880. The molecule has 2 radical (unpaired) electrons. The number of H-pyrrole nitrogens is 2. The smallest absolute Gasteiger partial charge is 0.263 e. The normalized spacial score (nSPS) is 6.50. The van der Waals surface area contributed by atoms with E-state index in [2.05, 4.69) is 10.2 Å². The second-order valence-electron chi connectivity index (χ2n) is 0.967. The van der Waals surface area contributed by atoms with Gasteiger partial charge in [-0.05, 0) is 0 Å². The fourth-order valence-electron chi connectivity index (χ4n) is 0.272. The van der Waals surface area contributed by atoms with Gasteiger partial charge in [-0.25, -0.2) is 0 Å². The molecule has 0 aliphatic carbocycles. The third kappa shape index (κ3) is 3.95. The summed E-state index contributed by atoms with van der Waals surface area (Å²) in [6.07, 6.45) is 1.54. The van der Waals surface area contributed by atoms with Crippen molar-refractivity contribution >= 4 is 59.1 Å².